The van der Waals surface area contributed by atoms with Crippen molar-refractivity contribution in [2.45, 2.75) is 0 Å². The smallest absolute Gasteiger partial charge is 0.329 e. The normalized spacial score (nSPS) is 9.55. The van der Waals surface area contributed by atoms with Crippen LogP contribution in [0.5, 0.6) is 0 Å². The Morgan fingerprint density at radius 3 is 3.09 bits per heavy atom. The van der Waals surface area contributed by atoms with Crippen molar-refractivity contribution in [2.75, 3.05) is 0 Å². The first-order chi connectivity index (χ1) is 4.88. The van der Waals surface area contributed by atoms with E-state index in [9.17, 15) is 0 Å². The fourth-order valence-electron chi connectivity index (χ4n) is 0.786. The molecule has 11 heavy (non-hydrogen) atoms. The van der Waals surface area contributed by atoms with Crippen LogP contribution in [0.2, 0.25) is 0 Å². The van der Waals surface area contributed by atoms with Gasteiger partial charge in [-0.05, 0) is 11.7 Å². The van der Waals surface area contributed by atoms with Crippen molar-refractivity contribution >= 4 is 33.8 Å². The van der Waals surface area contributed by atoms with Crippen molar-refractivity contribution in [1.82, 2.24) is 13.0 Å². The standard InChI is InChI=1S/C6H3IN3.Li/c7-10-6-1-2-8-3-5(6)4-9-10;/h1-3H;/q-1;+1. The van der Waals surface area contributed by atoms with Crippen LogP contribution in [0.25, 0.3) is 10.9 Å². The topological polar surface area (TPSA) is 30.7 Å². The first kappa shape index (κ1) is 9.04. The molecule has 0 radical (unpaired) electrons. The SMILES string of the molecule is In1n[c-]c2cnccc21.[Li+]. The molecule has 0 aliphatic heterocycles. The molecule has 3 nitrogen and oxygen atoms in total. The summed E-state index contributed by atoms with van der Waals surface area (Å²) in [5.41, 5.74) is 1.05. The van der Waals surface area contributed by atoms with Crippen molar-refractivity contribution in [1.29, 1.82) is 0 Å². The maximum absolute atomic E-state index is 3.94. The molecule has 0 N–H and O–H groups in total. The van der Waals surface area contributed by atoms with E-state index in [2.05, 4.69) is 39.1 Å². The number of rotatable bonds is 0. The third-order valence-electron chi connectivity index (χ3n) is 1.26. The molecule has 2 aromatic heterocycles. The predicted molar refractivity (Wildman–Crippen MR) is 45.8 cm³/mol. The van der Waals surface area contributed by atoms with E-state index < -0.39 is 0 Å². The van der Waals surface area contributed by atoms with E-state index in [1.807, 2.05) is 6.07 Å². The Bertz CT molecular complexity index is 359. The van der Waals surface area contributed by atoms with Gasteiger partial charge in [0.1, 0.15) is 0 Å². The molecule has 0 saturated carbocycles. The second-order valence-electron chi connectivity index (χ2n) is 1.86. The first-order valence-electron chi connectivity index (χ1n) is 2.74. The molecule has 0 saturated heterocycles. The van der Waals surface area contributed by atoms with E-state index in [1.165, 1.54) is 0 Å². The van der Waals surface area contributed by atoms with Crippen LogP contribution < -0.4 is 18.9 Å². The Labute approximate surface area is 89.9 Å². The van der Waals surface area contributed by atoms with Gasteiger partial charge < -0.3 is 4.98 Å². The molecule has 2 heterocycles. The number of pyridine rings is 1. The molecule has 0 aliphatic carbocycles. The van der Waals surface area contributed by atoms with Crippen LogP contribution in [0.3, 0.4) is 0 Å². The van der Waals surface area contributed by atoms with Gasteiger partial charge in [-0.2, -0.15) is 0 Å². The minimum Gasteiger partial charge on any atom is -0.329 e. The second-order valence-corrected chi connectivity index (χ2v) is 2.78. The summed E-state index contributed by atoms with van der Waals surface area (Å²) in [7, 11) is 0. The van der Waals surface area contributed by atoms with Crippen molar-refractivity contribution < 1.29 is 18.9 Å². The molecule has 0 amide bonds. The Morgan fingerprint density at radius 2 is 2.36 bits per heavy atom. The maximum atomic E-state index is 3.94. The molecule has 0 aliphatic rings. The van der Waals surface area contributed by atoms with Gasteiger partial charge in [-0.25, -0.2) is 0 Å². The van der Waals surface area contributed by atoms with E-state index in [0.29, 0.717) is 0 Å². The maximum Gasteiger partial charge on any atom is 1.00 e. The van der Waals surface area contributed by atoms with Crippen LogP contribution >= 0.6 is 22.9 Å². The molecule has 0 unspecified atom stereocenters. The summed E-state index contributed by atoms with van der Waals surface area (Å²) in [6.07, 6.45) is 6.32. The summed E-state index contributed by atoms with van der Waals surface area (Å²) in [4.78, 5) is 3.94. The third-order valence-corrected chi connectivity index (χ3v) is 1.99. The molecule has 0 spiro atoms. The van der Waals surface area contributed by atoms with Crippen LogP contribution in [0.15, 0.2) is 18.5 Å². The fourth-order valence-corrected chi connectivity index (χ4v) is 1.31. The quantitative estimate of drug-likeness (QED) is 0.322. The summed E-state index contributed by atoms with van der Waals surface area (Å²) >= 11 is 2.10. The monoisotopic (exact) mass is 251 g/mol. The van der Waals surface area contributed by atoms with Crippen molar-refractivity contribution in [3.8, 4) is 0 Å². The zero-order valence-corrected chi connectivity index (χ0v) is 8.11. The largest absolute Gasteiger partial charge is 1.00 e. The Hall–Kier alpha value is -0.0526. The van der Waals surface area contributed by atoms with Crippen molar-refractivity contribution in [2.24, 2.45) is 0 Å². The van der Waals surface area contributed by atoms with E-state index >= 15 is 0 Å². The van der Waals surface area contributed by atoms with E-state index in [-0.39, 0.29) is 18.9 Å². The summed E-state index contributed by atoms with van der Waals surface area (Å²) in [5.74, 6) is 0. The number of fused-ring (bicyclic) bond motifs is 1. The minimum absolute atomic E-state index is 0. The average molecular weight is 251 g/mol. The van der Waals surface area contributed by atoms with E-state index in [1.54, 1.807) is 15.3 Å². The van der Waals surface area contributed by atoms with E-state index in [4.69, 9.17) is 0 Å². The minimum atomic E-state index is 0. The number of nitrogens with zero attached hydrogens (tertiary/aromatic N) is 3. The van der Waals surface area contributed by atoms with Gasteiger partial charge in [-0.3, -0.25) is 7.99 Å². The number of hydrogen-bond acceptors (Lipinski definition) is 2. The molecule has 2 aromatic rings. The molecule has 5 heteroatoms. The predicted octanol–water partition coefficient (Wildman–Crippen LogP) is -1.57. The molecule has 2 rings (SSSR count). The van der Waals surface area contributed by atoms with E-state index in [0.717, 1.165) is 10.9 Å². The van der Waals surface area contributed by atoms with Crippen LogP contribution in [0.1, 0.15) is 0 Å². The Morgan fingerprint density at radius 1 is 1.55 bits per heavy atom. The average Bonchev–Trinajstić information content (AvgIpc) is 2.34. The summed E-state index contributed by atoms with van der Waals surface area (Å²) < 4.78 is 1.74. The molecule has 0 aromatic carbocycles. The van der Waals surface area contributed by atoms with Crippen LogP contribution in [-0.4, -0.2) is 13.0 Å². The van der Waals surface area contributed by atoms with Gasteiger partial charge in [0.25, 0.3) is 0 Å². The Kier molecular flexibility index (Phi) is 2.93. The number of aromatic nitrogens is 3. The zero-order chi connectivity index (χ0) is 6.97. The van der Waals surface area contributed by atoms with Crippen LogP contribution in [-0.2, 0) is 0 Å². The van der Waals surface area contributed by atoms with Gasteiger partial charge >= 0.3 is 18.9 Å². The van der Waals surface area contributed by atoms with Crippen LogP contribution in [0.4, 0.5) is 0 Å². The third kappa shape index (κ3) is 1.58. The summed E-state index contributed by atoms with van der Waals surface area (Å²) in [5, 5.41) is 4.89. The zero-order valence-electron chi connectivity index (χ0n) is 5.95. The summed E-state index contributed by atoms with van der Waals surface area (Å²) in [6, 6.07) is 1.91. The molecular weight excluding hydrogens is 248 g/mol. The molecule has 0 fully saturated rings. The Balaban J connectivity index is 0.000000605. The van der Waals surface area contributed by atoms with Gasteiger partial charge in [-0.1, -0.05) is 12.3 Å². The number of hydrogen-bond donors (Lipinski definition) is 0. The van der Waals surface area contributed by atoms with Crippen molar-refractivity contribution in [3.05, 3.63) is 24.7 Å². The van der Waals surface area contributed by atoms with Gasteiger partial charge in [0, 0.05) is 6.20 Å². The fraction of sp³-hybridized carbons (Fsp3) is 0. The summed E-state index contributed by atoms with van der Waals surface area (Å²) in [6.45, 7) is 0. The van der Waals surface area contributed by atoms with Gasteiger partial charge in [0.15, 0.2) is 0 Å². The van der Waals surface area contributed by atoms with Crippen LogP contribution in [0, 0.1) is 6.20 Å². The molecule has 0 atom stereocenters. The van der Waals surface area contributed by atoms with Crippen molar-refractivity contribution in [3.63, 3.8) is 0 Å². The number of halogens is 1. The van der Waals surface area contributed by atoms with Gasteiger partial charge in [0.2, 0.25) is 0 Å². The first-order valence-corrected chi connectivity index (χ1v) is 3.71. The van der Waals surface area contributed by atoms with Gasteiger partial charge in [0.05, 0.1) is 22.9 Å². The second kappa shape index (κ2) is 3.56. The molecule has 0 bridgehead atoms. The molecule has 50 valence electrons. The molecular formula is C6H3ILiN3. The van der Waals surface area contributed by atoms with Gasteiger partial charge in [-0.15, -0.1) is 5.39 Å².